The molecule has 6 rings (SSSR count). The Labute approximate surface area is 297 Å². The van der Waals surface area contributed by atoms with Crippen LogP contribution in [0.4, 0.5) is 0 Å². The molecule has 0 N–H and O–H groups in total. The van der Waals surface area contributed by atoms with E-state index in [1.54, 1.807) is 78.0 Å². The molecule has 0 saturated carbocycles. The van der Waals surface area contributed by atoms with Gasteiger partial charge in [-0.25, -0.2) is 24.4 Å². The van der Waals surface area contributed by atoms with Crippen LogP contribution in [0, 0.1) is 6.20 Å². The summed E-state index contributed by atoms with van der Waals surface area (Å²) in [5.74, 6) is 1.68. The van der Waals surface area contributed by atoms with Crippen LogP contribution in [0.25, 0.3) is 17.5 Å². The van der Waals surface area contributed by atoms with E-state index in [0.717, 1.165) is 4.60 Å². The van der Waals surface area contributed by atoms with E-state index in [9.17, 15) is 0 Å². The van der Waals surface area contributed by atoms with E-state index in [2.05, 4.69) is 84.2 Å². The normalized spacial score (nSPS) is 9.90. The van der Waals surface area contributed by atoms with Crippen LogP contribution < -0.4 is 18.9 Å². The SMILES string of the molecule is C.C.Clc1cccnc1-n1[c-]cc(Br)n1.Clc1cccnc1-n1ccc(Br)n1.[2H]c1cc(Br)nn1-c1ncccc1Cl.[Li+]. The van der Waals surface area contributed by atoms with Crippen LogP contribution in [-0.2, 0) is 0 Å². The van der Waals surface area contributed by atoms with Gasteiger partial charge < -0.3 is 4.68 Å². The van der Waals surface area contributed by atoms with Gasteiger partial charge >= 0.3 is 18.9 Å². The minimum absolute atomic E-state index is 0. The Morgan fingerprint density at radius 2 is 1.12 bits per heavy atom. The molecule has 0 atom stereocenters. The Morgan fingerprint density at radius 3 is 1.52 bits per heavy atom. The molecule has 0 bridgehead atoms. The summed E-state index contributed by atoms with van der Waals surface area (Å²) in [5, 5.41) is 13.8. The van der Waals surface area contributed by atoms with Crippen LogP contribution in [0.15, 0.2) is 99.4 Å². The number of aromatic nitrogens is 9. The third kappa shape index (κ3) is 10.6. The molecule has 0 spiro atoms. The quantitative estimate of drug-likeness (QED) is 0.158. The first-order chi connectivity index (χ1) is 19.2. The summed E-state index contributed by atoms with van der Waals surface area (Å²) in [6, 6.07) is 15.6. The van der Waals surface area contributed by atoms with Crippen LogP contribution in [-0.4, -0.2) is 44.3 Å². The van der Waals surface area contributed by atoms with Crippen molar-refractivity contribution < 1.29 is 20.2 Å². The second-order valence-electron chi connectivity index (χ2n) is 7.03. The van der Waals surface area contributed by atoms with E-state index in [-0.39, 0.29) is 39.9 Å². The third-order valence-electron chi connectivity index (χ3n) is 4.39. The zero-order valence-corrected chi connectivity index (χ0v) is 27.3. The molecule has 9 nitrogen and oxygen atoms in total. The molecule has 42 heavy (non-hydrogen) atoms. The minimum Gasteiger partial charge on any atom is -0.341 e. The second-order valence-corrected chi connectivity index (χ2v) is 10.7. The molecule has 0 aliphatic carbocycles. The van der Waals surface area contributed by atoms with E-state index in [1.165, 1.54) is 9.36 Å². The average Bonchev–Trinajstić information content (AvgIpc) is 3.65. The van der Waals surface area contributed by atoms with Gasteiger partial charge in [-0.1, -0.05) is 61.9 Å². The maximum absolute atomic E-state index is 7.60. The van der Waals surface area contributed by atoms with Gasteiger partial charge in [0.25, 0.3) is 0 Å². The molecule has 0 aromatic carbocycles. The van der Waals surface area contributed by atoms with E-state index in [0.29, 0.717) is 41.7 Å². The number of nitrogens with zero attached hydrogens (tertiary/aromatic N) is 9. The van der Waals surface area contributed by atoms with Crippen molar-refractivity contribution in [2.75, 3.05) is 0 Å². The summed E-state index contributed by atoms with van der Waals surface area (Å²) in [5.41, 5.74) is 0. The number of hydrogen-bond acceptors (Lipinski definition) is 6. The standard InChI is InChI=1S/2C8H5BrClN3.C8H4BrClN3.2CH4.Li/c3*9-7-3-5-13(12-7)8-6(10)2-1-4-11-8;;;/h2*1-5H;1-4H;2*1H4;/q;;-1;;;+1/i5D;;;;;. The summed E-state index contributed by atoms with van der Waals surface area (Å²) in [6.45, 7) is 0. The van der Waals surface area contributed by atoms with Gasteiger partial charge in [0.2, 0.25) is 0 Å². The number of halogens is 6. The Kier molecular flexibility index (Phi) is 16.0. The van der Waals surface area contributed by atoms with Crippen LogP contribution in [0.1, 0.15) is 16.2 Å². The Morgan fingerprint density at radius 1 is 0.643 bits per heavy atom. The molecule has 16 heteroatoms. The first-order valence-corrected chi connectivity index (χ1v) is 14.1. The van der Waals surface area contributed by atoms with Crippen molar-refractivity contribution in [2.45, 2.75) is 14.9 Å². The summed E-state index contributed by atoms with van der Waals surface area (Å²) in [7, 11) is 0. The zero-order chi connectivity index (χ0) is 28.6. The second kappa shape index (κ2) is 18.6. The molecule has 0 saturated heterocycles. The molecular formula is C26H22Br3Cl3LiN9. The fourth-order valence-corrected chi connectivity index (χ4v) is 4.21. The smallest absolute Gasteiger partial charge is 0.341 e. The first kappa shape index (κ1) is 36.2. The van der Waals surface area contributed by atoms with Crippen molar-refractivity contribution in [3.8, 4) is 17.5 Å². The molecule has 6 aromatic rings. The van der Waals surface area contributed by atoms with E-state index >= 15 is 0 Å². The van der Waals surface area contributed by atoms with Crippen molar-refractivity contribution in [2.24, 2.45) is 0 Å². The largest absolute Gasteiger partial charge is 1.00 e. The van der Waals surface area contributed by atoms with Crippen molar-refractivity contribution in [1.29, 1.82) is 0 Å². The van der Waals surface area contributed by atoms with Gasteiger partial charge in [-0.2, -0.15) is 10.2 Å². The van der Waals surface area contributed by atoms with Crippen LogP contribution in [0.3, 0.4) is 0 Å². The molecule has 6 aromatic heterocycles. The number of rotatable bonds is 3. The van der Waals surface area contributed by atoms with Crippen molar-refractivity contribution in [3.63, 3.8) is 0 Å². The van der Waals surface area contributed by atoms with Crippen molar-refractivity contribution in [3.05, 3.63) is 121 Å². The summed E-state index contributed by atoms with van der Waals surface area (Å²) < 4.78 is 14.1. The van der Waals surface area contributed by atoms with Gasteiger partial charge in [-0.3, -0.25) is 4.98 Å². The predicted molar refractivity (Wildman–Crippen MR) is 175 cm³/mol. The molecule has 0 unspecified atom stereocenters. The summed E-state index contributed by atoms with van der Waals surface area (Å²) in [6.07, 6.45) is 9.84. The monoisotopic (exact) mass is 810 g/mol. The van der Waals surface area contributed by atoms with E-state index < -0.39 is 0 Å². The molecule has 0 aliphatic rings. The van der Waals surface area contributed by atoms with Gasteiger partial charge in [0.05, 0.1) is 17.2 Å². The van der Waals surface area contributed by atoms with Crippen LogP contribution in [0.2, 0.25) is 15.1 Å². The first-order valence-electron chi connectivity index (χ1n) is 11.1. The molecule has 0 aliphatic heterocycles. The molecule has 214 valence electrons. The average molecular weight is 815 g/mol. The van der Waals surface area contributed by atoms with Gasteiger partial charge in [0.1, 0.15) is 9.21 Å². The topological polar surface area (TPSA) is 92.1 Å². The Balaban J connectivity index is 0.000000312. The van der Waals surface area contributed by atoms with Gasteiger partial charge in [0, 0.05) is 40.6 Å². The fourth-order valence-electron chi connectivity index (χ4n) is 2.78. The molecule has 0 fully saturated rings. The number of hydrogen-bond donors (Lipinski definition) is 0. The van der Waals surface area contributed by atoms with E-state index in [1.807, 2.05) is 6.07 Å². The predicted octanol–water partition coefficient (Wildman–Crippen LogP) is 6.13. The van der Waals surface area contributed by atoms with Crippen molar-refractivity contribution >= 4 is 82.6 Å². The van der Waals surface area contributed by atoms with Crippen LogP contribution in [0.5, 0.6) is 0 Å². The van der Waals surface area contributed by atoms with E-state index in [4.69, 9.17) is 36.2 Å². The molecular weight excluding hydrogens is 791 g/mol. The maximum Gasteiger partial charge on any atom is 1.00 e. The Bertz CT molecular complexity index is 1650. The summed E-state index contributed by atoms with van der Waals surface area (Å²) in [4.78, 5) is 12.2. The summed E-state index contributed by atoms with van der Waals surface area (Å²) >= 11 is 27.4. The van der Waals surface area contributed by atoms with Crippen LogP contribution >= 0.6 is 82.6 Å². The molecule has 0 radical (unpaired) electrons. The zero-order valence-electron chi connectivity index (χ0n) is 21.3. The Hall–Kier alpha value is -2.01. The molecule has 6 heterocycles. The van der Waals surface area contributed by atoms with Crippen molar-refractivity contribution in [1.82, 2.24) is 44.3 Å². The number of pyridine rings is 3. The minimum atomic E-state index is 0. The fraction of sp³-hybridized carbons (Fsp3) is 0.0769. The van der Waals surface area contributed by atoms with Gasteiger partial charge in [-0.05, 0) is 74.3 Å². The van der Waals surface area contributed by atoms with Gasteiger partial charge in [-0.15, -0.1) is 22.0 Å². The van der Waals surface area contributed by atoms with Gasteiger partial charge in [0.15, 0.2) is 11.6 Å². The molecule has 0 amide bonds. The third-order valence-corrected chi connectivity index (χ3v) is 6.48. The maximum atomic E-state index is 7.60.